The summed E-state index contributed by atoms with van der Waals surface area (Å²) >= 11 is 0. The van der Waals surface area contributed by atoms with Crippen LogP contribution < -0.4 is 4.90 Å². The standard InChI is InChI=1S/C19H19N.C12H20.C10H18N4.C10H18.C7H12/c1-19(2,3)20-14-17-10-5-4-8-15(17)12-13-16-9-6-7-11-18(16)20;1-12(2,3)11-9-7-5-4-6-8-10-11;1-9(2,3)7-11-13-8(14-12-7)10(4,5)6;1-9(2,3)7-8-10(4,5)6;1-5-6-7(2,3)4/h4-11H,14H2,1-3H3;11H,4-7,9H2,1-3H3;1-6H3;1-6H3;1-4H3. The van der Waals surface area contributed by atoms with Crippen LogP contribution in [0.2, 0.25) is 0 Å². The quantitative estimate of drug-likeness (QED) is 0.211. The van der Waals surface area contributed by atoms with Crippen molar-refractivity contribution in [2.75, 3.05) is 4.90 Å². The first kappa shape index (κ1) is 56.4. The average Bonchev–Trinajstić information content (AvgIpc) is 3.10. The number of hydrogen-bond acceptors (Lipinski definition) is 5. The summed E-state index contributed by atoms with van der Waals surface area (Å²) in [5.41, 5.74) is 5.51. The Morgan fingerprint density at radius 2 is 0.984 bits per heavy atom. The van der Waals surface area contributed by atoms with Gasteiger partial charge in [-0.2, -0.15) is 0 Å². The van der Waals surface area contributed by atoms with Crippen LogP contribution in [0.25, 0.3) is 0 Å². The minimum absolute atomic E-state index is 0.0578. The molecule has 1 aromatic heterocycles. The summed E-state index contributed by atoms with van der Waals surface area (Å²) in [6, 6.07) is 16.9. The number of para-hydroxylation sites is 1. The van der Waals surface area contributed by atoms with Gasteiger partial charge < -0.3 is 4.90 Å². The lowest BCUT2D eigenvalue weighted by Crippen LogP contribution is -2.41. The summed E-state index contributed by atoms with van der Waals surface area (Å²) < 4.78 is 0. The third-order valence-electron chi connectivity index (χ3n) is 9.43. The smallest absolute Gasteiger partial charge is 0.178 e. The summed E-state index contributed by atoms with van der Waals surface area (Å²) in [4.78, 5) is 2.44. The molecule has 0 N–H and O–H groups in total. The summed E-state index contributed by atoms with van der Waals surface area (Å²) in [7, 11) is 0. The van der Waals surface area contributed by atoms with Gasteiger partial charge in [0.2, 0.25) is 0 Å². The molecule has 3 aromatic rings. The van der Waals surface area contributed by atoms with Crippen LogP contribution in [0.4, 0.5) is 5.69 Å². The Morgan fingerprint density at radius 3 is 1.40 bits per heavy atom. The summed E-state index contributed by atoms with van der Waals surface area (Å²) in [5, 5.41) is 16.4. The highest BCUT2D eigenvalue weighted by Gasteiger charge is 2.26. The summed E-state index contributed by atoms with van der Waals surface area (Å²) in [6.07, 6.45) is 6.48. The molecule has 344 valence electrons. The van der Waals surface area contributed by atoms with E-state index in [4.69, 9.17) is 0 Å². The van der Waals surface area contributed by atoms with Crippen LogP contribution in [0.1, 0.15) is 213 Å². The minimum Gasteiger partial charge on any atom is -0.361 e. The van der Waals surface area contributed by atoms with E-state index in [-0.39, 0.29) is 32.6 Å². The lowest BCUT2D eigenvalue weighted by molar-refractivity contribution is 0.279. The number of anilines is 1. The van der Waals surface area contributed by atoms with Crippen LogP contribution in [0.3, 0.4) is 0 Å². The number of nitrogens with zero attached hydrogens (tertiary/aromatic N) is 5. The average molecular weight is 854 g/mol. The zero-order valence-corrected chi connectivity index (χ0v) is 44.2. The second-order valence-corrected chi connectivity index (χ2v) is 23.9. The minimum atomic E-state index is -0.0869. The Morgan fingerprint density at radius 1 is 0.540 bits per heavy atom. The van der Waals surface area contributed by atoms with Crippen molar-refractivity contribution < 1.29 is 0 Å². The van der Waals surface area contributed by atoms with Crippen LogP contribution in [-0.2, 0) is 17.4 Å². The van der Waals surface area contributed by atoms with E-state index in [1.165, 1.54) is 36.9 Å². The van der Waals surface area contributed by atoms with E-state index in [0.29, 0.717) is 23.0 Å². The van der Waals surface area contributed by atoms with Gasteiger partial charge in [0, 0.05) is 62.6 Å². The first-order chi connectivity index (χ1) is 28.6. The second kappa shape index (κ2) is 23.9. The number of hydrogen-bond donors (Lipinski definition) is 0. The van der Waals surface area contributed by atoms with Crippen LogP contribution in [0.5, 0.6) is 0 Å². The van der Waals surface area contributed by atoms with Crippen molar-refractivity contribution in [3.8, 4) is 47.4 Å². The molecule has 0 fully saturated rings. The third kappa shape index (κ3) is 24.2. The maximum absolute atomic E-state index is 4.09. The van der Waals surface area contributed by atoms with Crippen LogP contribution in [0.15, 0.2) is 48.5 Å². The SMILES string of the molecule is CC#CC(C)(C)C.CC(C)(C)C#CC(C)(C)C.CC(C)(C)C1C#CCCCCC1.CC(C)(C)N1Cc2ccccc2C#Cc2ccccc21.CC(C)(C)c1nnc(C(C)(C)C)nn1. The molecule has 0 amide bonds. The molecule has 1 unspecified atom stereocenters. The Hall–Kier alpha value is -4.58. The Balaban J connectivity index is 0.000000413. The predicted octanol–water partition coefficient (Wildman–Crippen LogP) is 14.8. The zero-order chi connectivity index (χ0) is 48.5. The highest BCUT2D eigenvalue weighted by molar-refractivity contribution is 5.65. The second-order valence-electron chi connectivity index (χ2n) is 23.9. The number of aromatic nitrogens is 4. The van der Waals surface area contributed by atoms with Crippen molar-refractivity contribution in [2.45, 2.75) is 207 Å². The summed E-state index contributed by atoms with van der Waals surface area (Å²) in [5.74, 6) is 27.7. The molecule has 0 saturated carbocycles. The zero-order valence-electron chi connectivity index (χ0n) is 44.2. The fraction of sp³-hybridized carbons (Fsp3) is 0.621. The first-order valence-corrected chi connectivity index (χ1v) is 23.2. The first-order valence-electron chi connectivity index (χ1n) is 23.2. The van der Waals surface area contributed by atoms with Gasteiger partial charge in [-0.3, -0.25) is 0 Å². The van der Waals surface area contributed by atoms with Crippen molar-refractivity contribution in [2.24, 2.45) is 27.6 Å². The maximum Gasteiger partial charge on any atom is 0.178 e. The highest BCUT2D eigenvalue weighted by Crippen LogP contribution is 2.32. The molecule has 63 heavy (non-hydrogen) atoms. The van der Waals surface area contributed by atoms with E-state index in [9.17, 15) is 0 Å². The van der Waals surface area contributed by atoms with Crippen LogP contribution >= 0.6 is 0 Å². The van der Waals surface area contributed by atoms with Crippen molar-refractivity contribution >= 4 is 5.69 Å². The fourth-order valence-corrected chi connectivity index (χ4v) is 5.82. The molecule has 0 spiro atoms. The molecule has 2 aromatic carbocycles. The topological polar surface area (TPSA) is 54.8 Å². The Bertz CT molecular complexity index is 2040. The molecule has 0 bridgehead atoms. The summed E-state index contributed by atoms with van der Waals surface area (Å²) in [6.45, 7) is 47.8. The van der Waals surface area contributed by atoms with E-state index in [2.05, 4.69) is 225 Å². The van der Waals surface area contributed by atoms with Crippen molar-refractivity contribution in [3.05, 3.63) is 76.9 Å². The van der Waals surface area contributed by atoms with Crippen molar-refractivity contribution in [3.63, 3.8) is 0 Å². The van der Waals surface area contributed by atoms with Gasteiger partial charge in [0.1, 0.15) is 0 Å². The number of rotatable bonds is 0. The van der Waals surface area contributed by atoms with Gasteiger partial charge in [0.05, 0.1) is 5.69 Å². The van der Waals surface area contributed by atoms with Gasteiger partial charge in [-0.05, 0) is 132 Å². The molecule has 2 aliphatic rings. The number of fused-ring (bicyclic) bond motifs is 2. The molecular weight excluding hydrogens is 767 g/mol. The van der Waals surface area contributed by atoms with Crippen LogP contribution in [-0.4, -0.2) is 25.9 Å². The van der Waals surface area contributed by atoms with Gasteiger partial charge >= 0.3 is 0 Å². The monoisotopic (exact) mass is 854 g/mol. The fourth-order valence-electron chi connectivity index (χ4n) is 5.82. The van der Waals surface area contributed by atoms with Crippen LogP contribution in [0, 0.1) is 74.9 Å². The van der Waals surface area contributed by atoms with Gasteiger partial charge in [0.25, 0.3) is 0 Å². The molecule has 5 rings (SSSR count). The molecule has 0 saturated heterocycles. The molecule has 1 atom stereocenters. The molecule has 2 heterocycles. The molecule has 5 nitrogen and oxygen atoms in total. The van der Waals surface area contributed by atoms with Gasteiger partial charge in [-0.1, -0.05) is 141 Å². The van der Waals surface area contributed by atoms with Gasteiger partial charge in [-0.25, -0.2) is 0 Å². The van der Waals surface area contributed by atoms with Crippen molar-refractivity contribution in [1.82, 2.24) is 20.4 Å². The molecular formula is C58H87N5. The maximum atomic E-state index is 4.09. The van der Waals surface area contributed by atoms with Gasteiger partial charge in [-0.15, -0.1) is 32.2 Å². The molecule has 0 radical (unpaired) electrons. The van der Waals surface area contributed by atoms with E-state index < -0.39 is 0 Å². The van der Waals surface area contributed by atoms with E-state index in [1.807, 2.05) is 48.5 Å². The molecule has 5 heteroatoms. The van der Waals surface area contributed by atoms with E-state index in [0.717, 1.165) is 24.1 Å². The third-order valence-corrected chi connectivity index (χ3v) is 9.43. The van der Waals surface area contributed by atoms with E-state index in [1.54, 1.807) is 0 Å². The normalized spacial score (nSPS) is 15.0. The number of benzene rings is 2. The predicted molar refractivity (Wildman–Crippen MR) is 273 cm³/mol. The largest absolute Gasteiger partial charge is 0.361 e. The lowest BCUT2D eigenvalue weighted by Gasteiger charge is -2.39. The molecule has 1 aliphatic carbocycles. The van der Waals surface area contributed by atoms with Crippen molar-refractivity contribution in [1.29, 1.82) is 0 Å². The van der Waals surface area contributed by atoms with Gasteiger partial charge in [0.15, 0.2) is 11.6 Å². The van der Waals surface area contributed by atoms with E-state index >= 15 is 0 Å². The molecule has 1 aliphatic heterocycles. The Labute approximate surface area is 388 Å². The Kier molecular flexibility index (Phi) is 21.4. The lowest BCUT2D eigenvalue weighted by atomic mass is 9.77. The highest BCUT2D eigenvalue weighted by atomic mass is 15.3.